The highest BCUT2D eigenvalue weighted by Crippen LogP contribution is 2.33. The quantitative estimate of drug-likeness (QED) is 0.566. The van der Waals surface area contributed by atoms with Crippen LogP contribution in [0.1, 0.15) is 13.3 Å². The van der Waals surface area contributed by atoms with Crippen LogP contribution in [0.25, 0.3) is 0 Å². The van der Waals surface area contributed by atoms with Gasteiger partial charge in [0.05, 0.1) is 0 Å². The summed E-state index contributed by atoms with van der Waals surface area (Å²) in [5.74, 6) is 3.85. The molecule has 2 rings (SSSR count). The Morgan fingerprint density at radius 1 is 1.50 bits per heavy atom. The minimum atomic E-state index is 0.939. The zero-order valence-electron chi connectivity index (χ0n) is 6.55. The fourth-order valence-corrected chi connectivity index (χ4v) is 3.47. The summed E-state index contributed by atoms with van der Waals surface area (Å²) in [4.78, 5) is 2.64. The van der Waals surface area contributed by atoms with E-state index in [-0.39, 0.29) is 0 Å². The zero-order chi connectivity index (χ0) is 6.97. The first-order valence-corrected chi connectivity index (χ1v) is 5.37. The van der Waals surface area contributed by atoms with Crippen LogP contribution in [0.4, 0.5) is 0 Å². The van der Waals surface area contributed by atoms with Gasteiger partial charge in [-0.15, -0.1) is 0 Å². The fourth-order valence-electron chi connectivity index (χ4n) is 2.14. The summed E-state index contributed by atoms with van der Waals surface area (Å²) < 4.78 is 0. The molecule has 2 heteroatoms. The summed E-state index contributed by atoms with van der Waals surface area (Å²) in [6, 6.07) is 0.939. The zero-order valence-corrected chi connectivity index (χ0v) is 7.36. The van der Waals surface area contributed by atoms with Gasteiger partial charge in [-0.2, -0.15) is 11.8 Å². The number of hydrogen-bond acceptors (Lipinski definition) is 2. The van der Waals surface area contributed by atoms with E-state index in [9.17, 15) is 0 Å². The lowest BCUT2D eigenvalue weighted by Crippen LogP contribution is -2.30. The van der Waals surface area contributed by atoms with Crippen LogP contribution in [0.3, 0.4) is 0 Å². The Kier molecular flexibility index (Phi) is 1.92. The molecule has 0 N–H and O–H groups in total. The van der Waals surface area contributed by atoms with E-state index >= 15 is 0 Å². The van der Waals surface area contributed by atoms with E-state index in [1.165, 1.54) is 31.0 Å². The predicted molar refractivity (Wildman–Crippen MR) is 46.5 cm³/mol. The second-order valence-corrected chi connectivity index (χ2v) is 4.46. The smallest absolute Gasteiger partial charge is 0.0189 e. The molecule has 58 valence electrons. The van der Waals surface area contributed by atoms with Gasteiger partial charge in [-0.3, -0.25) is 4.90 Å². The van der Waals surface area contributed by atoms with Crippen molar-refractivity contribution < 1.29 is 0 Å². The van der Waals surface area contributed by atoms with E-state index in [2.05, 4.69) is 23.6 Å². The van der Waals surface area contributed by atoms with Crippen LogP contribution >= 0.6 is 11.8 Å². The third-order valence-corrected chi connectivity index (χ3v) is 4.01. The van der Waals surface area contributed by atoms with Gasteiger partial charge in [0.25, 0.3) is 0 Å². The third kappa shape index (κ3) is 1.08. The molecule has 0 spiro atoms. The van der Waals surface area contributed by atoms with Crippen LogP contribution in [0.2, 0.25) is 0 Å². The molecular weight excluding hydrogens is 142 g/mol. The Balaban J connectivity index is 2.01. The maximum atomic E-state index is 2.64. The highest BCUT2D eigenvalue weighted by molar-refractivity contribution is 7.99. The van der Waals surface area contributed by atoms with E-state index < -0.39 is 0 Å². The number of rotatable bonds is 1. The van der Waals surface area contributed by atoms with Crippen LogP contribution in [0, 0.1) is 5.92 Å². The first kappa shape index (κ1) is 6.99. The van der Waals surface area contributed by atoms with Crippen molar-refractivity contribution in [2.45, 2.75) is 19.4 Å². The van der Waals surface area contributed by atoms with Crippen molar-refractivity contribution in [1.82, 2.24) is 4.90 Å². The van der Waals surface area contributed by atoms with Crippen molar-refractivity contribution in [3.05, 3.63) is 0 Å². The van der Waals surface area contributed by atoms with Gasteiger partial charge in [0.1, 0.15) is 0 Å². The van der Waals surface area contributed by atoms with Gasteiger partial charge in [0.2, 0.25) is 0 Å². The number of thioether (sulfide) groups is 1. The van der Waals surface area contributed by atoms with Gasteiger partial charge in [0.15, 0.2) is 0 Å². The van der Waals surface area contributed by atoms with Crippen LogP contribution in [-0.4, -0.2) is 35.5 Å². The molecule has 0 radical (unpaired) electrons. The maximum absolute atomic E-state index is 2.64. The molecule has 0 saturated carbocycles. The van der Waals surface area contributed by atoms with E-state index in [1.54, 1.807) is 0 Å². The number of hydrogen-bond donors (Lipinski definition) is 0. The average molecular weight is 157 g/mol. The summed E-state index contributed by atoms with van der Waals surface area (Å²) >= 11 is 2.15. The molecule has 2 fully saturated rings. The number of fused-ring (bicyclic) bond motifs is 2. The molecule has 0 aromatic rings. The van der Waals surface area contributed by atoms with Crippen LogP contribution < -0.4 is 0 Å². The first-order valence-electron chi connectivity index (χ1n) is 4.22. The molecule has 2 unspecified atom stereocenters. The summed E-state index contributed by atoms with van der Waals surface area (Å²) in [6.07, 6.45) is 1.49. The number of nitrogens with zero attached hydrogens (tertiary/aromatic N) is 1. The van der Waals surface area contributed by atoms with Crippen molar-refractivity contribution in [2.24, 2.45) is 5.92 Å². The second-order valence-electron chi connectivity index (χ2n) is 3.38. The maximum Gasteiger partial charge on any atom is 0.0189 e. The van der Waals surface area contributed by atoms with Crippen molar-refractivity contribution in [3.63, 3.8) is 0 Å². The molecule has 0 aromatic heterocycles. The molecule has 0 amide bonds. The molecule has 2 saturated heterocycles. The van der Waals surface area contributed by atoms with Crippen molar-refractivity contribution in [3.8, 4) is 0 Å². The average Bonchev–Trinajstić information content (AvgIpc) is 2.26. The van der Waals surface area contributed by atoms with E-state index in [1.807, 2.05) is 0 Å². The Bertz CT molecular complexity index is 126. The van der Waals surface area contributed by atoms with Gasteiger partial charge in [0, 0.05) is 18.3 Å². The monoisotopic (exact) mass is 157 g/mol. The lowest BCUT2D eigenvalue weighted by atomic mass is 10.1. The molecule has 0 aliphatic carbocycles. The van der Waals surface area contributed by atoms with Crippen molar-refractivity contribution in [2.75, 3.05) is 24.6 Å². The molecular formula is C8H15NS. The largest absolute Gasteiger partial charge is 0.300 e. The van der Waals surface area contributed by atoms with E-state index in [0.29, 0.717) is 0 Å². The van der Waals surface area contributed by atoms with Crippen molar-refractivity contribution in [1.29, 1.82) is 0 Å². The van der Waals surface area contributed by atoms with Crippen LogP contribution in [-0.2, 0) is 0 Å². The number of likely N-dealkylation sites (tertiary alicyclic amines) is 1. The van der Waals surface area contributed by atoms with Gasteiger partial charge in [-0.1, -0.05) is 6.92 Å². The summed E-state index contributed by atoms with van der Waals surface area (Å²) in [7, 11) is 0. The van der Waals surface area contributed by atoms with Crippen molar-refractivity contribution >= 4 is 11.8 Å². The molecule has 10 heavy (non-hydrogen) atoms. The molecule has 1 nitrogen and oxygen atoms in total. The fraction of sp³-hybridized carbons (Fsp3) is 1.00. The molecule has 2 aliphatic heterocycles. The van der Waals surface area contributed by atoms with Gasteiger partial charge >= 0.3 is 0 Å². The van der Waals surface area contributed by atoms with Crippen LogP contribution in [0.15, 0.2) is 0 Å². The minimum absolute atomic E-state index is 0.939. The predicted octanol–water partition coefficient (Wildman–Crippen LogP) is 1.44. The Morgan fingerprint density at radius 3 is 3.10 bits per heavy atom. The SMILES string of the molecule is CCN1CC2CSCC1C2. The molecule has 2 atom stereocenters. The Hall–Kier alpha value is 0.310. The Labute approximate surface area is 67.2 Å². The lowest BCUT2D eigenvalue weighted by molar-refractivity contribution is 0.286. The first-order chi connectivity index (χ1) is 4.90. The highest BCUT2D eigenvalue weighted by atomic mass is 32.2. The Morgan fingerprint density at radius 2 is 2.40 bits per heavy atom. The van der Waals surface area contributed by atoms with Gasteiger partial charge < -0.3 is 0 Å². The molecule has 2 bridgehead atoms. The summed E-state index contributed by atoms with van der Waals surface area (Å²) in [6.45, 7) is 4.93. The highest BCUT2D eigenvalue weighted by Gasteiger charge is 2.34. The third-order valence-electron chi connectivity index (χ3n) is 2.68. The van der Waals surface area contributed by atoms with Crippen LogP contribution in [0.5, 0.6) is 0 Å². The summed E-state index contributed by atoms with van der Waals surface area (Å²) in [5, 5.41) is 0. The molecule has 0 aromatic carbocycles. The molecule has 2 heterocycles. The standard InChI is InChI=1S/C8H15NS/c1-2-9-4-7-3-8(9)6-10-5-7/h7-8H,2-6H2,1H3. The lowest BCUT2D eigenvalue weighted by Gasteiger charge is -2.22. The minimum Gasteiger partial charge on any atom is -0.300 e. The van der Waals surface area contributed by atoms with E-state index in [0.717, 1.165) is 12.0 Å². The molecule has 2 aliphatic rings. The van der Waals surface area contributed by atoms with Gasteiger partial charge in [-0.25, -0.2) is 0 Å². The van der Waals surface area contributed by atoms with Gasteiger partial charge in [-0.05, 0) is 24.6 Å². The summed E-state index contributed by atoms with van der Waals surface area (Å²) in [5.41, 5.74) is 0. The normalized spacial score (nSPS) is 40.5. The second kappa shape index (κ2) is 2.74. The van der Waals surface area contributed by atoms with E-state index in [4.69, 9.17) is 0 Å². The topological polar surface area (TPSA) is 3.24 Å².